The third-order valence-electron chi connectivity index (χ3n) is 3.97. The molecule has 2 aromatic carbocycles. The van der Waals surface area contributed by atoms with Crippen LogP contribution in [-0.4, -0.2) is 16.8 Å². The Morgan fingerprint density at radius 1 is 1.11 bits per heavy atom. The molecule has 8 heteroatoms. The minimum atomic E-state index is -0.794. The highest BCUT2D eigenvalue weighted by molar-refractivity contribution is 7.17. The summed E-state index contributed by atoms with van der Waals surface area (Å²) in [6.07, 6.45) is 0. The second-order valence-corrected chi connectivity index (χ2v) is 6.89. The lowest BCUT2D eigenvalue weighted by molar-refractivity contribution is 0.0996. The molecule has 1 heterocycles. The van der Waals surface area contributed by atoms with Crippen molar-refractivity contribution < 1.29 is 18.4 Å². The fraction of sp³-hybridized carbons (Fsp3) is 0.105. The van der Waals surface area contributed by atoms with Gasteiger partial charge in [0.2, 0.25) is 5.91 Å². The number of hydrogen-bond donors (Lipinski definition) is 2. The van der Waals surface area contributed by atoms with Gasteiger partial charge < -0.3 is 11.1 Å². The largest absolute Gasteiger partial charge is 0.366 e. The molecule has 0 unspecified atom stereocenters. The average molecular weight is 387 g/mol. The van der Waals surface area contributed by atoms with Crippen LogP contribution in [0.2, 0.25) is 0 Å². The summed E-state index contributed by atoms with van der Waals surface area (Å²) < 4.78 is 27.1. The third kappa shape index (κ3) is 3.85. The molecule has 0 aliphatic rings. The van der Waals surface area contributed by atoms with E-state index in [1.807, 2.05) is 0 Å². The van der Waals surface area contributed by atoms with Gasteiger partial charge in [-0.05, 0) is 50.2 Å². The summed E-state index contributed by atoms with van der Waals surface area (Å²) in [5, 5.41) is 3.16. The van der Waals surface area contributed by atoms with Crippen molar-refractivity contribution in [3.63, 3.8) is 0 Å². The number of nitrogens with two attached hydrogens (primary N) is 1. The van der Waals surface area contributed by atoms with Gasteiger partial charge >= 0.3 is 0 Å². The van der Waals surface area contributed by atoms with Gasteiger partial charge in [0.1, 0.15) is 21.5 Å². The number of hydrogen-bond acceptors (Lipinski definition) is 4. The van der Waals surface area contributed by atoms with Crippen molar-refractivity contribution in [2.24, 2.45) is 5.73 Å². The summed E-state index contributed by atoms with van der Waals surface area (Å²) in [4.78, 5) is 28.6. The highest BCUT2D eigenvalue weighted by Crippen LogP contribution is 2.29. The van der Waals surface area contributed by atoms with Gasteiger partial charge in [-0.3, -0.25) is 9.59 Å². The molecule has 1 aromatic heterocycles. The van der Waals surface area contributed by atoms with Crippen LogP contribution < -0.4 is 11.1 Å². The van der Waals surface area contributed by atoms with Crippen molar-refractivity contribution in [1.29, 1.82) is 0 Å². The summed E-state index contributed by atoms with van der Waals surface area (Å²) in [6, 6.07) is 8.13. The molecule has 0 fully saturated rings. The number of nitrogens with zero attached hydrogens (tertiary/aromatic N) is 1. The summed E-state index contributed by atoms with van der Waals surface area (Å²) in [7, 11) is 0. The fourth-order valence-electron chi connectivity index (χ4n) is 2.45. The molecule has 0 aliphatic heterocycles. The smallest absolute Gasteiger partial charge is 0.267 e. The molecule has 3 aromatic rings. The number of primary amides is 1. The fourth-order valence-corrected chi connectivity index (χ4v) is 3.42. The number of amides is 2. The summed E-state index contributed by atoms with van der Waals surface area (Å²) in [5.74, 6) is -2.29. The van der Waals surface area contributed by atoms with E-state index in [1.54, 1.807) is 19.1 Å². The third-order valence-corrected chi connectivity index (χ3v) is 5.18. The first-order valence-electron chi connectivity index (χ1n) is 7.91. The molecular weight excluding hydrogens is 372 g/mol. The number of aryl methyl sites for hydroxylation is 1. The van der Waals surface area contributed by atoms with E-state index in [9.17, 15) is 18.4 Å². The molecule has 0 aliphatic carbocycles. The standard InChI is InChI=1S/C19H15F2N3O2S/c1-9-14(21)7-12(17(22)25)8-15(9)24-18(26)16-10(2)23-19(27-16)11-3-5-13(20)6-4-11/h3-8H,1-2H3,(H2,22,25)(H,24,26). The average Bonchev–Trinajstić information content (AvgIpc) is 3.01. The number of nitrogens with one attached hydrogen (secondary N) is 1. The Bertz CT molecular complexity index is 1050. The number of benzene rings is 2. The number of rotatable bonds is 4. The molecule has 5 nitrogen and oxygen atoms in total. The molecule has 0 spiro atoms. The molecule has 3 N–H and O–H groups in total. The molecule has 3 rings (SSSR count). The second-order valence-electron chi connectivity index (χ2n) is 5.89. The normalized spacial score (nSPS) is 10.7. The van der Waals surface area contributed by atoms with Crippen molar-refractivity contribution in [3.8, 4) is 10.6 Å². The van der Waals surface area contributed by atoms with Gasteiger partial charge in [0.05, 0.1) is 5.69 Å². The molecule has 0 radical (unpaired) electrons. The van der Waals surface area contributed by atoms with Crippen LogP contribution in [0.25, 0.3) is 10.6 Å². The minimum absolute atomic E-state index is 0.0403. The van der Waals surface area contributed by atoms with Crippen LogP contribution in [0.3, 0.4) is 0 Å². The van der Waals surface area contributed by atoms with Gasteiger partial charge in [-0.15, -0.1) is 11.3 Å². The van der Waals surface area contributed by atoms with Crippen LogP contribution in [0.5, 0.6) is 0 Å². The van der Waals surface area contributed by atoms with Crippen molar-refractivity contribution in [3.05, 3.63) is 69.7 Å². The van der Waals surface area contributed by atoms with Crippen LogP contribution >= 0.6 is 11.3 Å². The molecule has 0 atom stereocenters. The first-order valence-corrected chi connectivity index (χ1v) is 8.72. The van der Waals surface area contributed by atoms with Crippen LogP contribution in [0, 0.1) is 25.5 Å². The van der Waals surface area contributed by atoms with Crippen LogP contribution in [0.4, 0.5) is 14.5 Å². The molecule has 0 saturated carbocycles. The van der Waals surface area contributed by atoms with Gasteiger partial charge in [-0.1, -0.05) is 0 Å². The van der Waals surface area contributed by atoms with E-state index >= 15 is 0 Å². The van der Waals surface area contributed by atoms with Gasteiger partial charge in [-0.25, -0.2) is 13.8 Å². The molecular formula is C19H15F2N3O2S. The highest BCUT2D eigenvalue weighted by atomic mass is 32.1. The second kappa shape index (κ2) is 7.24. The lowest BCUT2D eigenvalue weighted by Crippen LogP contribution is -2.16. The number of carbonyl (C=O) groups is 2. The maximum absolute atomic E-state index is 14.0. The van der Waals surface area contributed by atoms with Gasteiger partial charge in [0, 0.05) is 22.4 Å². The van der Waals surface area contributed by atoms with E-state index in [0.717, 1.165) is 17.4 Å². The Morgan fingerprint density at radius 3 is 2.41 bits per heavy atom. The van der Waals surface area contributed by atoms with Crippen molar-refractivity contribution in [2.75, 3.05) is 5.32 Å². The number of carbonyl (C=O) groups excluding carboxylic acids is 2. The minimum Gasteiger partial charge on any atom is -0.366 e. The monoisotopic (exact) mass is 387 g/mol. The first kappa shape index (κ1) is 18.7. The van der Waals surface area contributed by atoms with E-state index in [-0.39, 0.29) is 22.6 Å². The lowest BCUT2D eigenvalue weighted by atomic mass is 10.1. The van der Waals surface area contributed by atoms with E-state index in [4.69, 9.17) is 5.73 Å². The molecule has 0 saturated heterocycles. The van der Waals surface area contributed by atoms with Crippen LogP contribution in [0.15, 0.2) is 36.4 Å². The van der Waals surface area contributed by atoms with Gasteiger partial charge in [0.15, 0.2) is 0 Å². The van der Waals surface area contributed by atoms with Gasteiger partial charge in [0.25, 0.3) is 5.91 Å². The maximum atomic E-state index is 14.0. The van der Waals surface area contributed by atoms with Crippen LogP contribution in [-0.2, 0) is 0 Å². The summed E-state index contributed by atoms with van der Waals surface area (Å²) >= 11 is 1.14. The number of anilines is 1. The van der Waals surface area contributed by atoms with Crippen molar-refractivity contribution >= 4 is 28.8 Å². The number of aromatic nitrogens is 1. The van der Waals surface area contributed by atoms with Crippen molar-refractivity contribution in [2.45, 2.75) is 13.8 Å². The summed E-state index contributed by atoms with van der Waals surface area (Å²) in [5.41, 5.74) is 6.67. The summed E-state index contributed by atoms with van der Waals surface area (Å²) in [6.45, 7) is 3.16. The Kier molecular flexibility index (Phi) is 5.00. The Balaban J connectivity index is 1.91. The first-order chi connectivity index (χ1) is 12.8. The Hall–Kier alpha value is -3.13. The topological polar surface area (TPSA) is 85.1 Å². The van der Waals surface area contributed by atoms with Crippen LogP contribution in [0.1, 0.15) is 31.3 Å². The SMILES string of the molecule is Cc1nc(-c2ccc(F)cc2)sc1C(=O)Nc1cc(C(N)=O)cc(F)c1C. The van der Waals surface area contributed by atoms with E-state index in [0.29, 0.717) is 21.1 Å². The predicted molar refractivity (Wildman–Crippen MR) is 99.9 cm³/mol. The number of halogens is 2. The van der Waals surface area contributed by atoms with Gasteiger partial charge in [-0.2, -0.15) is 0 Å². The number of thiazole rings is 1. The van der Waals surface area contributed by atoms with E-state index < -0.39 is 17.6 Å². The zero-order chi connectivity index (χ0) is 19.7. The predicted octanol–water partition coefficient (Wildman–Crippen LogP) is 4.06. The van der Waals surface area contributed by atoms with Crippen molar-refractivity contribution in [1.82, 2.24) is 4.98 Å². The highest BCUT2D eigenvalue weighted by Gasteiger charge is 2.19. The van der Waals surface area contributed by atoms with E-state index in [1.165, 1.54) is 25.1 Å². The molecule has 2 amide bonds. The van der Waals surface area contributed by atoms with E-state index in [2.05, 4.69) is 10.3 Å². The zero-order valence-corrected chi connectivity index (χ0v) is 15.3. The molecule has 27 heavy (non-hydrogen) atoms. The maximum Gasteiger partial charge on any atom is 0.267 e. The Morgan fingerprint density at radius 2 is 1.78 bits per heavy atom. The lowest BCUT2D eigenvalue weighted by Gasteiger charge is -2.10. The zero-order valence-electron chi connectivity index (χ0n) is 14.5. The quantitative estimate of drug-likeness (QED) is 0.708. The molecule has 0 bridgehead atoms. The molecule has 138 valence electrons. The Labute approximate surface area is 157 Å².